The summed E-state index contributed by atoms with van der Waals surface area (Å²) in [6.45, 7) is 0.325. The van der Waals surface area contributed by atoms with Crippen LogP contribution in [0.3, 0.4) is 0 Å². The smallest absolute Gasteiger partial charge is 0.248 e. The SMILES string of the molecule is COc1ncc(Br)cc1COC1CCC(F)(F)CC1. The number of methoxy groups -OCH3 is 1. The minimum absolute atomic E-state index is 0.0917. The Morgan fingerprint density at radius 3 is 2.74 bits per heavy atom. The molecule has 0 N–H and O–H groups in total. The number of aromatic nitrogens is 1. The minimum Gasteiger partial charge on any atom is -0.481 e. The van der Waals surface area contributed by atoms with Crippen molar-refractivity contribution < 1.29 is 18.3 Å². The molecule has 0 unspecified atom stereocenters. The summed E-state index contributed by atoms with van der Waals surface area (Å²) in [4.78, 5) is 4.11. The molecule has 0 aromatic carbocycles. The van der Waals surface area contributed by atoms with E-state index in [0.717, 1.165) is 10.0 Å². The van der Waals surface area contributed by atoms with Crippen LogP contribution in [0.4, 0.5) is 8.78 Å². The summed E-state index contributed by atoms with van der Waals surface area (Å²) in [6, 6.07) is 1.86. The van der Waals surface area contributed by atoms with Crippen LogP contribution in [-0.2, 0) is 11.3 Å². The van der Waals surface area contributed by atoms with Crippen molar-refractivity contribution in [1.29, 1.82) is 0 Å². The molecule has 1 fully saturated rings. The molecule has 0 radical (unpaired) electrons. The van der Waals surface area contributed by atoms with Crippen LogP contribution in [0.5, 0.6) is 5.88 Å². The molecule has 2 rings (SSSR count). The van der Waals surface area contributed by atoms with Crippen molar-refractivity contribution in [1.82, 2.24) is 4.98 Å². The maximum Gasteiger partial charge on any atom is 0.248 e. The van der Waals surface area contributed by atoms with Crippen molar-refractivity contribution in [3.8, 4) is 5.88 Å². The molecule has 0 aliphatic heterocycles. The summed E-state index contributed by atoms with van der Waals surface area (Å²) >= 11 is 3.33. The fraction of sp³-hybridized carbons (Fsp3) is 0.615. The Labute approximate surface area is 119 Å². The van der Waals surface area contributed by atoms with Gasteiger partial charge in [0.1, 0.15) is 0 Å². The van der Waals surface area contributed by atoms with Gasteiger partial charge in [-0.3, -0.25) is 0 Å². The lowest BCUT2D eigenvalue weighted by molar-refractivity contribution is -0.0841. The molecule has 1 heterocycles. The van der Waals surface area contributed by atoms with Crippen LogP contribution in [0.25, 0.3) is 0 Å². The summed E-state index contributed by atoms with van der Waals surface area (Å²) in [5, 5.41) is 0. The van der Waals surface area contributed by atoms with Gasteiger partial charge in [0, 0.05) is 29.1 Å². The maximum absolute atomic E-state index is 13.0. The summed E-state index contributed by atoms with van der Waals surface area (Å²) < 4.78 is 37.7. The lowest BCUT2D eigenvalue weighted by Crippen LogP contribution is -2.29. The molecule has 0 saturated heterocycles. The first-order valence-electron chi connectivity index (χ1n) is 6.18. The van der Waals surface area contributed by atoms with E-state index in [1.54, 1.807) is 13.3 Å². The van der Waals surface area contributed by atoms with Crippen LogP contribution < -0.4 is 4.74 Å². The van der Waals surface area contributed by atoms with E-state index in [1.165, 1.54) is 0 Å². The molecule has 0 spiro atoms. The lowest BCUT2D eigenvalue weighted by atomic mass is 9.94. The van der Waals surface area contributed by atoms with Crippen molar-refractivity contribution in [3.05, 3.63) is 22.3 Å². The number of nitrogens with zero attached hydrogens (tertiary/aromatic N) is 1. The minimum atomic E-state index is -2.52. The highest BCUT2D eigenvalue weighted by atomic mass is 79.9. The van der Waals surface area contributed by atoms with Gasteiger partial charge < -0.3 is 9.47 Å². The van der Waals surface area contributed by atoms with Crippen LogP contribution in [-0.4, -0.2) is 24.1 Å². The van der Waals surface area contributed by atoms with E-state index in [4.69, 9.17) is 9.47 Å². The van der Waals surface area contributed by atoms with E-state index in [1.807, 2.05) is 6.07 Å². The van der Waals surface area contributed by atoms with Crippen LogP contribution in [0.1, 0.15) is 31.2 Å². The first-order chi connectivity index (χ1) is 9.00. The van der Waals surface area contributed by atoms with Crippen molar-refractivity contribution in [2.24, 2.45) is 0 Å². The molecule has 0 amide bonds. The van der Waals surface area contributed by atoms with Gasteiger partial charge in [-0.15, -0.1) is 0 Å². The number of ether oxygens (including phenoxy) is 2. The second-order valence-electron chi connectivity index (χ2n) is 4.69. The molecule has 0 bridgehead atoms. The van der Waals surface area contributed by atoms with Crippen molar-refractivity contribution in [2.45, 2.75) is 44.3 Å². The number of hydrogen-bond acceptors (Lipinski definition) is 3. The highest BCUT2D eigenvalue weighted by Gasteiger charge is 2.35. The Morgan fingerprint density at radius 2 is 2.11 bits per heavy atom. The zero-order valence-electron chi connectivity index (χ0n) is 10.7. The zero-order chi connectivity index (χ0) is 13.9. The second-order valence-corrected chi connectivity index (χ2v) is 5.60. The molecule has 1 aromatic rings. The summed E-state index contributed by atoms with van der Waals surface area (Å²) in [5.74, 6) is -2.01. The quantitative estimate of drug-likeness (QED) is 0.834. The van der Waals surface area contributed by atoms with Gasteiger partial charge >= 0.3 is 0 Å². The van der Waals surface area contributed by atoms with Gasteiger partial charge in [-0.1, -0.05) is 0 Å². The predicted molar refractivity (Wildman–Crippen MR) is 70.5 cm³/mol. The Kier molecular flexibility index (Phi) is 4.73. The normalized spacial score (nSPS) is 19.4. The molecule has 106 valence electrons. The number of hydrogen-bond donors (Lipinski definition) is 0. The molecule has 19 heavy (non-hydrogen) atoms. The highest BCUT2D eigenvalue weighted by Crippen LogP contribution is 2.34. The third kappa shape index (κ3) is 4.11. The monoisotopic (exact) mass is 335 g/mol. The van der Waals surface area contributed by atoms with Crippen LogP contribution in [0.15, 0.2) is 16.7 Å². The van der Waals surface area contributed by atoms with Gasteiger partial charge in [-0.25, -0.2) is 13.8 Å². The number of pyridine rings is 1. The summed E-state index contributed by atoms with van der Waals surface area (Å²) in [5.41, 5.74) is 0.814. The highest BCUT2D eigenvalue weighted by molar-refractivity contribution is 9.10. The van der Waals surface area contributed by atoms with Gasteiger partial charge in [0.2, 0.25) is 11.8 Å². The number of halogens is 3. The Bertz CT molecular complexity index is 433. The van der Waals surface area contributed by atoms with E-state index in [9.17, 15) is 8.78 Å². The van der Waals surface area contributed by atoms with E-state index < -0.39 is 5.92 Å². The van der Waals surface area contributed by atoms with E-state index >= 15 is 0 Å². The fourth-order valence-corrected chi connectivity index (χ4v) is 2.52. The van der Waals surface area contributed by atoms with Crippen LogP contribution in [0.2, 0.25) is 0 Å². The van der Waals surface area contributed by atoms with Gasteiger partial charge in [0.15, 0.2) is 0 Å². The second kappa shape index (κ2) is 6.13. The largest absolute Gasteiger partial charge is 0.481 e. The van der Waals surface area contributed by atoms with Gasteiger partial charge in [-0.05, 0) is 34.8 Å². The zero-order valence-corrected chi connectivity index (χ0v) is 12.3. The average Bonchev–Trinajstić information content (AvgIpc) is 2.38. The molecule has 1 saturated carbocycles. The first kappa shape index (κ1) is 14.7. The van der Waals surface area contributed by atoms with Crippen molar-refractivity contribution >= 4 is 15.9 Å². The summed E-state index contributed by atoms with van der Waals surface area (Å²) in [6.07, 6.45) is 2.15. The molecule has 3 nitrogen and oxygen atoms in total. The van der Waals surface area contributed by atoms with E-state index in [0.29, 0.717) is 25.3 Å². The van der Waals surface area contributed by atoms with Gasteiger partial charge in [0.05, 0.1) is 19.8 Å². The van der Waals surface area contributed by atoms with E-state index in [-0.39, 0.29) is 18.9 Å². The molecule has 1 aromatic heterocycles. The molecule has 1 aliphatic carbocycles. The van der Waals surface area contributed by atoms with Crippen molar-refractivity contribution in [2.75, 3.05) is 7.11 Å². The van der Waals surface area contributed by atoms with E-state index in [2.05, 4.69) is 20.9 Å². The Hall–Kier alpha value is -0.750. The third-order valence-electron chi connectivity index (χ3n) is 3.22. The third-order valence-corrected chi connectivity index (χ3v) is 3.66. The van der Waals surface area contributed by atoms with Crippen LogP contribution >= 0.6 is 15.9 Å². The molecule has 1 aliphatic rings. The standard InChI is InChI=1S/C13H16BrF2NO2/c1-18-12-9(6-10(14)7-17-12)8-19-11-2-4-13(15,16)5-3-11/h6-7,11H,2-5,8H2,1H3. The number of rotatable bonds is 4. The van der Waals surface area contributed by atoms with Gasteiger partial charge in [-0.2, -0.15) is 0 Å². The molecule has 0 atom stereocenters. The Balaban J connectivity index is 1.91. The molecular weight excluding hydrogens is 320 g/mol. The topological polar surface area (TPSA) is 31.4 Å². The summed E-state index contributed by atoms with van der Waals surface area (Å²) in [7, 11) is 1.54. The number of alkyl halides is 2. The fourth-order valence-electron chi connectivity index (χ4n) is 2.14. The van der Waals surface area contributed by atoms with Crippen LogP contribution in [0, 0.1) is 0 Å². The lowest BCUT2D eigenvalue weighted by Gasteiger charge is -2.28. The molecule has 6 heteroatoms. The predicted octanol–water partition coefficient (Wildman–Crippen LogP) is 3.95. The molecular formula is C13H16BrF2NO2. The Morgan fingerprint density at radius 1 is 1.42 bits per heavy atom. The average molecular weight is 336 g/mol. The maximum atomic E-state index is 13.0. The van der Waals surface area contributed by atoms with Crippen molar-refractivity contribution in [3.63, 3.8) is 0 Å². The van der Waals surface area contributed by atoms with Gasteiger partial charge in [0.25, 0.3) is 0 Å². The first-order valence-corrected chi connectivity index (χ1v) is 6.97.